The minimum atomic E-state index is -0.732. The Bertz CT molecular complexity index is 312. The molecule has 0 aliphatic carbocycles. The third-order valence-electron chi connectivity index (χ3n) is 2.01. The molecule has 1 heterocycles. The zero-order valence-electron chi connectivity index (χ0n) is 8.73. The van der Waals surface area contributed by atoms with E-state index in [1.807, 2.05) is 0 Å². The van der Waals surface area contributed by atoms with Gasteiger partial charge in [-0.15, -0.1) is 0 Å². The van der Waals surface area contributed by atoms with E-state index in [1.165, 1.54) is 6.08 Å². The monoisotopic (exact) mass is 227 g/mol. The lowest BCUT2D eigenvalue weighted by Gasteiger charge is -2.04. The van der Waals surface area contributed by atoms with E-state index in [0.29, 0.717) is 12.8 Å². The number of alkyl carbamates (subject to hydrolysis) is 1. The van der Waals surface area contributed by atoms with Gasteiger partial charge in [-0.25, -0.2) is 9.59 Å². The van der Waals surface area contributed by atoms with Gasteiger partial charge in [-0.1, -0.05) is 12.7 Å². The van der Waals surface area contributed by atoms with Crippen molar-refractivity contribution in [2.24, 2.45) is 0 Å². The highest BCUT2D eigenvalue weighted by atomic mass is 16.6. The summed E-state index contributed by atoms with van der Waals surface area (Å²) in [6.07, 6.45) is 1.77. The summed E-state index contributed by atoms with van der Waals surface area (Å²) in [5, 5.41) is 2.34. The SMILES string of the molecule is C=CCOC(=O)CCC[C@@H]1NC(=O)OC1=O. The van der Waals surface area contributed by atoms with Crippen molar-refractivity contribution < 1.29 is 23.9 Å². The van der Waals surface area contributed by atoms with Gasteiger partial charge in [0.2, 0.25) is 0 Å². The molecule has 0 radical (unpaired) electrons. The van der Waals surface area contributed by atoms with Crippen molar-refractivity contribution in [2.75, 3.05) is 6.61 Å². The van der Waals surface area contributed by atoms with Crippen LogP contribution in [0.5, 0.6) is 0 Å². The second-order valence-electron chi connectivity index (χ2n) is 3.27. The van der Waals surface area contributed by atoms with Crippen LogP contribution in [0.15, 0.2) is 12.7 Å². The molecule has 1 aliphatic rings. The molecule has 88 valence electrons. The quantitative estimate of drug-likeness (QED) is 0.406. The molecule has 1 rings (SSSR count). The number of nitrogens with one attached hydrogen (secondary N) is 1. The van der Waals surface area contributed by atoms with Gasteiger partial charge in [0.15, 0.2) is 0 Å². The predicted octanol–water partition coefficient (Wildman–Crippen LogP) is 0.521. The molecule has 1 saturated heterocycles. The maximum atomic E-state index is 11.0. The molecule has 1 atom stereocenters. The summed E-state index contributed by atoms with van der Waals surface area (Å²) in [5.41, 5.74) is 0. The molecule has 0 aromatic heterocycles. The Hall–Kier alpha value is -1.85. The highest BCUT2D eigenvalue weighted by molar-refractivity contribution is 5.95. The summed E-state index contributed by atoms with van der Waals surface area (Å²) in [7, 11) is 0. The highest BCUT2D eigenvalue weighted by Crippen LogP contribution is 2.09. The Morgan fingerprint density at radius 2 is 2.31 bits per heavy atom. The van der Waals surface area contributed by atoms with Gasteiger partial charge in [0.25, 0.3) is 0 Å². The summed E-state index contributed by atoms with van der Waals surface area (Å²) in [6.45, 7) is 3.59. The first-order chi connectivity index (χ1) is 7.63. The van der Waals surface area contributed by atoms with Crippen molar-refractivity contribution in [3.8, 4) is 0 Å². The summed E-state index contributed by atoms with van der Waals surface area (Å²) in [4.78, 5) is 32.7. The smallest absolute Gasteiger partial charge is 0.415 e. The average molecular weight is 227 g/mol. The topological polar surface area (TPSA) is 81.7 Å². The van der Waals surface area contributed by atoms with E-state index in [1.54, 1.807) is 0 Å². The molecular weight excluding hydrogens is 214 g/mol. The Balaban J connectivity index is 2.15. The van der Waals surface area contributed by atoms with Crippen LogP contribution >= 0.6 is 0 Å². The van der Waals surface area contributed by atoms with Crippen molar-refractivity contribution in [2.45, 2.75) is 25.3 Å². The average Bonchev–Trinajstić information content (AvgIpc) is 2.55. The number of amides is 1. The Kier molecular flexibility index (Phi) is 4.50. The van der Waals surface area contributed by atoms with Gasteiger partial charge in [-0.3, -0.25) is 4.79 Å². The number of carbonyl (C=O) groups excluding carboxylic acids is 3. The fourth-order valence-corrected chi connectivity index (χ4v) is 1.26. The minimum absolute atomic E-state index is 0.182. The fraction of sp³-hybridized carbons (Fsp3) is 0.500. The van der Waals surface area contributed by atoms with Crippen molar-refractivity contribution >= 4 is 18.0 Å². The number of hydrogen-bond acceptors (Lipinski definition) is 5. The van der Waals surface area contributed by atoms with Crippen LogP contribution in [0, 0.1) is 0 Å². The summed E-state index contributed by atoms with van der Waals surface area (Å²) in [5.74, 6) is -0.943. The lowest BCUT2D eigenvalue weighted by molar-refractivity contribution is -0.143. The molecular formula is C10H13NO5. The molecule has 1 N–H and O–H groups in total. The number of ether oxygens (including phenoxy) is 2. The molecule has 0 saturated carbocycles. The van der Waals surface area contributed by atoms with Gasteiger partial charge >= 0.3 is 18.0 Å². The lowest BCUT2D eigenvalue weighted by atomic mass is 10.1. The highest BCUT2D eigenvalue weighted by Gasteiger charge is 2.31. The van der Waals surface area contributed by atoms with Crippen LogP contribution in [0.25, 0.3) is 0 Å². The van der Waals surface area contributed by atoms with Crippen LogP contribution in [0.3, 0.4) is 0 Å². The third kappa shape index (κ3) is 3.72. The summed E-state index contributed by atoms with van der Waals surface area (Å²) < 4.78 is 9.02. The molecule has 0 aromatic rings. The van der Waals surface area contributed by atoms with Crippen LogP contribution in [-0.2, 0) is 19.1 Å². The lowest BCUT2D eigenvalue weighted by Crippen LogP contribution is -2.28. The zero-order valence-corrected chi connectivity index (χ0v) is 8.73. The summed E-state index contributed by atoms with van der Waals surface area (Å²) in [6, 6.07) is -0.639. The van der Waals surface area contributed by atoms with E-state index >= 15 is 0 Å². The van der Waals surface area contributed by atoms with Crippen molar-refractivity contribution in [3.05, 3.63) is 12.7 Å². The molecule has 6 heteroatoms. The molecule has 0 spiro atoms. The van der Waals surface area contributed by atoms with E-state index in [2.05, 4.69) is 16.6 Å². The van der Waals surface area contributed by atoms with Gasteiger partial charge in [0.1, 0.15) is 12.6 Å². The van der Waals surface area contributed by atoms with Gasteiger partial charge < -0.3 is 14.8 Å². The Morgan fingerprint density at radius 3 is 2.88 bits per heavy atom. The van der Waals surface area contributed by atoms with Crippen LogP contribution in [0.4, 0.5) is 4.79 Å². The molecule has 0 unspecified atom stereocenters. The van der Waals surface area contributed by atoms with E-state index in [0.717, 1.165) is 0 Å². The van der Waals surface area contributed by atoms with E-state index < -0.39 is 18.1 Å². The first-order valence-electron chi connectivity index (χ1n) is 4.92. The van der Waals surface area contributed by atoms with E-state index in [9.17, 15) is 14.4 Å². The van der Waals surface area contributed by atoms with E-state index in [-0.39, 0.29) is 19.0 Å². The normalized spacial score (nSPS) is 18.9. The summed E-state index contributed by atoms with van der Waals surface area (Å²) >= 11 is 0. The van der Waals surface area contributed by atoms with Gasteiger partial charge in [0.05, 0.1) is 0 Å². The largest absolute Gasteiger partial charge is 0.461 e. The minimum Gasteiger partial charge on any atom is -0.461 e. The van der Waals surface area contributed by atoms with Crippen LogP contribution in [-0.4, -0.2) is 30.7 Å². The van der Waals surface area contributed by atoms with Gasteiger partial charge in [0, 0.05) is 6.42 Å². The molecule has 0 bridgehead atoms. The number of esters is 2. The molecule has 16 heavy (non-hydrogen) atoms. The van der Waals surface area contributed by atoms with Crippen LogP contribution in [0.2, 0.25) is 0 Å². The molecule has 1 aliphatic heterocycles. The second-order valence-corrected chi connectivity index (χ2v) is 3.27. The standard InChI is InChI=1S/C10H13NO5/c1-2-6-15-8(12)5-3-4-7-9(13)16-10(14)11-7/h2,7H,1,3-6H2,(H,11,14)/t7-/m0/s1. The number of hydrogen-bond donors (Lipinski definition) is 1. The first kappa shape index (κ1) is 12.2. The van der Waals surface area contributed by atoms with E-state index in [4.69, 9.17) is 4.74 Å². The number of cyclic esters (lactones) is 2. The van der Waals surface area contributed by atoms with Gasteiger partial charge in [-0.2, -0.15) is 0 Å². The van der Waals surface area contributed by atoms with Crippen LogP contribution in [0.1, 0.15) is 19.3 Å². The van der Waals surface area contributed by atoms with Gasteiger partial charge in [-0.05, 0) is 12.8 Å². The molecule has 0 aromatic carbocycles. The zero-order chi connectivity index (χ0) is 12.0. The maximum Gasteiger partial charge on any atom is 0.415 e. The van der Waals surface area contributed by atoms with Crippen molar-refractivity contribution in [3.63, 3.8) is 0 Å². The second kappa shape index (κ2) is 5.89. The van der Waals surface area contributed by atoms with Crippen LogP contribution < -0.4 is 5.32 Å². The predicted molar refractivity (Wildman–Crippen MR) is 53.4 cm³/mol. The maximum absolute atomic E-state index is 11.0. The Labute approximate surface area is 92.6 Å². The van der Waals surface area contributed by atoms with Crippen molar-refractivity contribution in [1.29, 1.82) is 0 Å². The molecule has 1 amide bonds. The number of rotatable bonds is 6. The Morgan fingerprint density at radius 1 is 1.56 bits per heavy atom. The van der Waals surface area contributed by atoms with Crippen molar-refractivity contribution in [1.82, 2.24) is 5.32 Å². The first-order valence-corrected chi connectivity index (χ1v) is 4.92. The molecule has 1 fully saturated rings. The fourth-order valence-electron chi connectivity index (χ4n) is 1.26. The number of carbonyl (C=O) groups is 3. The molecule has 6 nitrogen and oxygen atoms in total. The third-order valence-corrected chi connectivity index (χ3v) is 2.01.